The van der Waals surface area contributed by atoms with E-state index in [1.807, 2.05) is 17.0 Å². The number of rotatable bonds is 3. The fraction of sp³-hybridized carbons (Fsp3) is 0.360. The van der Waals surface area contributed by atoms with E-state index in [-0.39, 0.29) is 29.4 Å². The van der Waals surface area contributed by atoms with Gasteiger partial charge >= 0.3 is 0 Å². The number of carbonyl (C=O) groups excluding carboxylic acids is 2. The van der Waals surface area contributed by atoms with Crippen LogP contribution in [0, 0.1) is 0 Å². The Morgan fingerprint density at radius 2 is 1.56 bits per heavy atom. The van der Waals surface area contributed by atoms with Gasteiger partial charge in [-0.1, -0.05) is 24.3 Å². The largest absolute Gasteiger partial charge is 0.508 e. The van der Waals surface area contributed by atoms with Crippen molar-refractivity contribution in [3.05, 3.63) is 65.7 Å². The van der Waals surface area contributed by atoms with E-state index in [0.717, 1.165) is 30.4 Å². The van der Waals surface area contributed by atoms with Gasteiger partial charge in [-0.3, -0.25) is 9.59 Å². The van der Waals surface area contributed by atoms with Crippen LogP contribution in [0.2, 0.25) is 0 Å². The summed E-state index contributed by atoms with van der Waals surface area (Å²) >= 11 is 0. The number of hydrogen-bond acceptors (Lipinski definition) is 5. The molecule has 3 rings (SSSR count). The van der Waals surface area contributed by atoms with E-state index in [1.54, 1.807) is 48.6 Å². The molecule has 0 saturated carbocycles. The van der Waals surface area contributed by atoms with Crippen LogP contribution in [0.15, 0.2) is 54.6 Å². The lowest BCUT2D eigenvalue weighted by atomic mass is 10.0. The number of phenolic OH excluding ortho intramolecular Hbond substituents is 2. The van der Waals surface area contributed by atoms with Gasteiger partial charge in [-0.2, -0.15) is 0 Å². The van der Waals surface area contributed by atoms with Crippen LogP contribution in [0.3, 0.4) is 0 Å². The summed E-state index contributed by atoms with van der Waals surface area (Å²) < 4.78 is 0. The van der Waals surface area contributed by atoms with Crippen molar-refractivity contribution in [2.45, 2.75) is 31.7 Å². The fourth-order valence-corrected chi connectivity index (χ4v) is 3.66. The van der Waals surface area contributed by atoms with Crippen molar-refractivity contribution in [3.8, 4) is 11.5 Å². The van der Waals surface area contributed by atoms with Gasteiger partial charge in [0.2, 0.25) is 11.8 Å². The lowest BCUT2D eigenvalue weighted by molar-refractivity contribution is -0.126. The van der Waals surface area contributed by atoms with E-state index < -0.39 is 0 Å². The minimum Gasteiger partial charge on any atom is -0.508 e. The molecule has 32 heavy (non-hydrogen) atoms. The highest BCUT2D eigenvalue weighted by molar-refractivity contribution is 5.91. The minimum atomic E-state index is -0.158. The van der Waals surface area contributed by atoms with E-state index in [1.165, 1.54) is 0 Å². The minimum absolute atomic E-state index is 0.0143. The number of amides is 2. The van der Waals surface area contributed by atoms with Crippen molar-refractivity contribution in [2.75, 3.05) is 26.2 Å². The molecule has 2 aromatic carbocycles. The van der Waals surface area contributed by atoms with Crippen molar-refractivity contribution >= 4 is 17.9 Å². The Labute approximate surface area is 188 Å². The van der Waals surface area contributed by atoms with Gasteiger partial charge in [0.15, 0.2) is 0 Å². The first-order valence-corrected chi connectivity index (χ1v) is 11.1. The first-order valence-electron chi connectivity index (χ1n) is 11.1. The summed E-state index contributed by atoms with van der Waals surface area (Å²) in [7, 11) is 0. The summed E-state index contributed by atoms with van der Waals surface area (Å²) in [5.74, 6) is 0.321. The molecule has 170 valence electrons. The summed E-state index contributed by atoms with van der Waals surface area (Å²) in [4.78, 5) is 27.0. The number of benzene rings is 2. The van der Waals surface area contributed by atoms with Gasteiger partial charge in [0.1, 0.15) is 11.5 Å². The molecule has 7 heteroatoms. The molecule has 1 aliphatic rings. The van der Waals surface area contributed by atoms with E-state index in [2.05, 4.69) is 10.6 Å². The second kappa shape index (κ2) is 11.9. The highest BCUT2D eigenvalue weighted by Crippen LogP contribution is 2.20. The zero-order chi connectivity index (χ0) is 22.8. The Balaban J connectivity index is 1.62. The first kappa shape index (κ1) is 23.3. The van der Waals surface area contributed by atoms with Gasteiger partial charge in [-0.25, -0.2) is 0 Å². The topological polar surface area (TPSA) is 102 Å². The molecule has 1 unspecified atom stereocenters. The molecule has 1 saturated heterocycles. The fourth-order valence-electron chi connectivity index (χ4n) is 3.66. The molecule has 1 heterocycles. The van der Waals surface area contributed by atoms with Gasteiger partial charge in [0.25, 0.3) is 0 Å². The van der Waals surface area contributed by atoms with Gasteiger partial charge in [-0.15, -0.1) is 0 Å². The number of hydrogen-bond donors (Lipinski definition) is 4. The molecule has 0 aliphatic carbocycles. The molecule has 0 radical (unpaired) electrons. The number of nitrogens with one attached hydrogen (secondary N) is 2. The molecule has 4 N–H and O–H groups in total. The maximum atomic E-state index is 12.8. The lowest BCUT2D eigenvalue weighted by Crippen LogP contribution is -2.34. The maximum Gasteiger partial charge on any atom is 0.246 e. The number of phenols is 2. The summed E-state index contributed by atoms with van der Waals surface area (Å²) in [6.45, 7) is 2.49. The molecule has 1 aliphatic heterocycles. The van der Waals surface area contributed by atoms with Crippen LogP contribution in [0.1, 0.15) is 42.9 Å². The molecule has 2 aromatic rings. The van der Waals surface area contributed by atoms with Crippen LogP contribution in [0.4, 0.5) is 0 Å². The second-order valence-electron chi connectivity index (χ2n) is 7.96. The average Bonchev–Trinajstić information content (AvgIpc) is 2.80. The highest BCUT2D eigenvalue weighted by atomic mass is 16.3. The Morgan fingerprint density at radius 1 is 0.906 bits per heavy atom. The van der Waals surface area contributed by atoms with Crippen molar-refractivity contribution < 1.29 is 19.8 Å². The van der Waals surface area contributed by atoms with Crippen molar-refractivity contribution in [3.63, 3.8) is 0 Å². The second-order valence-corrected chi connectivity index (χ2v) is 7.96. The van der Waals surface area contributed by atoms with E-state index >= 15 is 0 Å². The zero-order valence-corrected chi connectivity index (χ0v) is 18.2. The summed E-state index contributed by atoms with van der Waals surface area (Å²) in [5.41, 5.74) is 1.79. The molecule has 1 fully saturated rings. The molecule has 1 atom stereocenters. The number of aromatic hydroxyl groups is 2. The molecular weight excluding hydrogens is 406 g/mol. The first-order chi connectivity index (χ1) is 15.5. The number of nitrogens with zero attached hydrogens (tertiary/aromatic N) is 1. The lowest BCUT2D eigenvalue weighted by Gasteiger charge is -2.22. The van der Waals surface area contributed by atoms with Crippen molar-refractivity contribution in [1.82, 2.24) is 15.5 Å². The van der Waals surface area contributed by atoms with Crippen LogP contribution >= 0.6 is 0 Å². The van der Waals surface area contributed by atoms with Crippen molar-refractivity contribution in [2.24, 2.45) is 0 Å². The Hall–Kier alpha value is -3.32. The molecule has 0 spiro atoms. The smallest absolute Gasteiger partial charge is 0.246 e. The third-order valence-corrected chi connectivity index (χ3v) is 5.48. The maximum absolute atomic E-state index is 12.8. The average molecular weight is 438 g/mol. The summed E-state index contributed by atoms with van der Waals surface area (Å²) in [5, 5.41) is 25.3. The van der Waals surface area contributed by atoms with Crippen LogP contribution in [-0.2, 0) is 9.59 Å². The number of carbonyl (C=O) groups is 2. The Bertz CT molecular complexity index is 910. The molecule has 7 nitrogen and oxygen atoms in total. The highest BCUT2D eigenvalue weighted by Gasteiger charge is 2.17. The van der Waals surface area contributed by atoms with Gasteiger partial charge in [-0.05, 0) is 67.3 Å². The standard InChI is InChI=1S/C25H31N3O4/c29-21-9-4-19(5-10-21)6-13-25(32)28-16-2-1-14-27-24(31)18-23(26-15-3-17-28)20-7-11-22(30)12-8-20/h4-13,23,26,29-30H,1-3,14-18H2,(H,27,31)/b13-6-. The van der Waals surface area contributed by atoms with Crippen LogP contribution in [-0.4, -0.2) is 53.1 Å². The van der Waals surface area contributed by atoms with Gasteiger partial charge in [0, 0.05) is 38.2 Å². The molecule has 0 aromatic heterocycles. The monoisotopic (exact) mass is 437 g/mol. The van der Waals surface area contributed by atoms with E-state index in [0.29, 0.717) is 32.6 Å². The summed E-state index contributed by atoms with van der Waals surface area (Å²) in [6, 6.07) is 13.4. The normalized spacial score (nSPS) is 18.9. The van der Waals surface area contributed by atoms with E-state index in [4.69, 9.17) is 0 Å². The predicted octanol–water partition coefficient (Wildman–Crippen LogP) is 2.96. The SMILES string of the molecule is O=C1CC(c2ccc(O)cc2)NCCCN(C(=O)/C=C\c2ccc(O)cc2)CCCCN1. The van der Waals surface area contributed by atoms with Crippen molar-refractivity contribution in [1.29, 1.82) is 0 Å². The van der Waals surface area contributed by atoms with Crippen LogP contribution < -0.4 is 10.6 Å². The molecular formula is C25H31N3O4. The molecule has 0 bridgehead atoms. The summed E-state index contributed by atoms with van der Waals surface area (Å²) in [6.07, 6.45) is 6.02. The Morgan fingerprint density at radius 3 is 2.28 bits per heavy atom. The quantitative estimate of drug-likeness (QED) is 0.553. The third kappa shape index (κ3) is 7.42. The van der Waals surface area contributed by atoms with E-state index in [9.17, 15) is 19.8 Å². The van der Waals surface area contributed by atoms with Crippen LogP contribution in [0.5, 0.6) is 11.5 Å². The van der Waals surface area contributed by atoms with Gasteiger partial charge in [0.05, 0.1) is 0 Å². The zero-order valence-electron chi connectivity index (χ0n) is 18.2. The predicted molar refractivity (Wildman–Crippen MR) is 124 cm³/mol. The third-order valence-electron chi connectivity index (χ3n) is 5.48. The Kier molecular flexibility index (Phi) is 8.69. The van der Waals surface area contributed by atoms with Gasteiger partial charge < -0.3 is 25.7 Å². The molecule has 2 amide bonds. The van der Waals surface area contributed by atoms with Crippen LogP contribution in [0.25, 0.3) is 6.08 Å².